The minimum Gasteiger partial charge on any atom is -0.334 e. The van der Waals surface area contributed by atoms with Gasteiger partial charge >= 0.3 is 0 Å². The summed E-state index contributed by atoms with van der Waals surface area (Å²) in [6.45, 7) is 2.29. The number of aromatic nitrogens is 5. The van der Waals surface area contributed by atoms with Gasteiger partial charge in [0.1, 0.15) is 5.82 Å². The fourth-order valence-corrected chi connectivity index (χ4v) is 3.34. The molecule has 0 saturated heterocycles. The maximum atomic E-state index is 5.57. The normalized spacial score (nSPS) is 18.5. The number of nitrogens with zero attached hydrogens (tertiary/aromatic N) is 5. The highest BCUT2D eigenvalue weighted by Crippen LogP contribution is 2.50. The summed E-state index contributed by atoms with van der Waals surface area (Å²) in [5, 5.41) is 8.68. The number of hydrogen-bond acceptors (Lipinski definition) is 5. The van der Waals surface area contributed by atoms with Gasteiger partial charge in [0.2, 0.25) is 0 Å². The van der Waals surface area contributed by atoms with Crippen molar-refractivity contribution in [1.82, 2.24) is 24.9 Å². The molecule has 0 spiro atoms. The Bertz CT molecular complexity index is 933. The van der Waals surface area contributed by atoms with Gasteiger partial charge in [-0.05, 0) is 42.7 Å². The zero-order valence-electron chi connectivity index (χ0n) is 14.6. The predicted molar refractivity (Wildman–Crippen MR) is 92.1 cm³/mol. The highest BCUT2D eigenvalue weighted by atomic mass is 16.5. The van der Waals surface area contributed by atoms with Crippen LogP contribution in [0, 0.1) is 0 Å². The van der Waals surface area contributed by atoms with Gasteiger partial charge in [0.05, 0.1) is 6.42 Å². The molecule has 2 saturated carbocycles. The summed E-state index contributed by atoms with van der Waals surface area (Å²) >= 11 is 0. The molecule has 3 aromatic rings. The molecule has 0 aliphatic heterocycles. The molecule has 2 aliphatic carbocycles. The highest BCUT2D eigenvalue weighted by molar-refractivity contribution is 5.62. The van der Waals surface area contributed by atoms with Gasteiger partial charge in [-0.15, -0.1) is 0 Å². The first-order chi connectivity index (χ1) is 12.1. The van der Waals surface area contributed by atoms with Gasteiger partial charge in [-0.25, -0.2) is 4.98 Å². The third kappa shape index (κ3) is 2.65. The van der Waals surface area contributed by atoms with E-state index in [1.165, 1.54) is 31.2 Å². The molecule has 5 rings (SSSR count). The van der Waals surface area contributed by atoms with E-state index >= 15 is 0 Å². The predicted octanol–water partition coefficient (Wildman–Crippen LogP) is 3.38. The van der Waals surface area contributed by atoms with Crippen molar-refractivity contribution in [3.63, 3.8) is 0 Å². The Hall–Kier alpha value is -2.50. The van der Waals surface area contributed by atoms with Crippen LogP contribution in [-0.2, 0) is 18.9 Å². The maximum Gasteiger partial charge on any atom is 0.258 e. The van der Waals surface area contributed by atoms with E-state index in [0.717, 1.165) is 17.2 Å². The summed E-state index contributed by atoms with van der Waals surface area (Å²) in [6, 6.07) is 8.36. The summed E-state index contributed by atoms with van der Waals surface area (Å²) in [5.74, 6) is 3.64. The average molecular weight is 335 g/mol. The fourth-order valence-electron chi connectivity index (χ4n) is 3.34. The number of benzene rings is 1. The minimum atomic E-state index is 0.258. The Labute approximate surface area is 146 Å². The van der Waals surface area contributed by atoms with Crippen molar-refractivity contribution in [1.29, 1.82) is 0 Å². The Morgan fingerprint density at radius 2 is 2.00 bits per heavy atom. The van der Waals surface area contributed by atoms with Crippen LogP contribution in [0.5, 0.6) is 0 Å². The molecular weight excluding hydrogens is 314 g/mol. The van der Waals surface area contributed by atoms with Crippen molar-refractivity contribution in [3.8, 4) is 11.5 Å². The third-order valence-corrected chi connectivity index (χ3v) is 5.40. The maximum absolute atomic E-state index is 5.57. The highest BCUT2D eigenvalue weighted by Gasteiger charge is 2.41. The molecule has 0 bridgehead atoms. The van der Waals surface area contributed by atoms with Crippen LogP contribution in [-0.4, -0.2) is 24.9 Å². The van der Waals surface area contributed by atoms with Gasteiger partial charge in [-0.1, -0.05) is 30.3 Å². The SMILES string of the molecule is Cn1nc(C2CC2)nc1Cc1noc(-c2ccccc2C2(C)CC2)n1. The average Bonchev–Trinajstić information content (AvgIpc) is 3.52. The summed E-state index contributed by atoms with van der Waals surface area (Å²) in [6.07, 6.45) is 5.37. The van der Waals surface area contributed by atoms with E-state index < -0.39 is 0 Å². The molecule has 2 aromatic heterocycles. The lowest BCUT2D eigenvalue weighted by molar-refractivity contribution is 0.422. The molecule has 0 amide bonds. The Morgan fingerprint density at radius 3 is 2.76 bits per heavy atom. The smallest absolute Gasteiger partial charge is 0.258 e. The van der Waals surface area contributed by atoms with Crippen molar-refractivity contribution in [3.05, 3.63) is 47.3 Å². The van der Waals surface area contributed by atoms with Gasteiger partial charge < -0.3 is 4.52 Å². The van der Waals surface area contributed by atoms with Gasteiger partial charge in [-0.3, -0.25) is 4.68 Å². The van der Waals surface area contributed by atoms with Crippen LogP contribution in [0.1, 0.15) is 61.6 Å². The van der Waals surface area contributed by atoms with Crippen LogP contribution in [0.25, 0.3) is 11.5 Å². The quantitative estimate of drug-likeness (QED) is 0.715. The minimum absolute atomic E-state index is 0.258. The lowest BCUT2D eigenvalue weighted by Gasteiger charge is -2.11. The molecule has 2 heterocycles. The fraction of sp³-hybridized carbons (Fsp3) is 0.474. The Morgan fingerprint density at radius 1 is 1.20 bits per heavy atom. The summed E-state index contributed by atoms with van der Waals surface area (Å²) in [5.41, 5.74) is 2.62. The molecule has 2 fully saturated rings. The van der Waals surface area contributed by atoms with Gasteiger partial charge in [0.15, 0.2) is 11.6 Å². The van der Waals surface area contributed by atoms with E-state index in [-0.39, 0.29) is 5.41 Å². The molecule has 1 aromatic carbocycles. The molecule has 25 heavy (non-hydrogen) atoms. The van der Waals surface area contributed by atoms with Crippen molar-refractivity contribution in [2.75, 3.05) is 0 Å². The lowest BCUT2D eigenvalue weighted by atomic mass is 9.93. The lowest BCUT2D eigenvalue weighted by Crippen LogP contribution is -2.03. The molecule has 0 unspecified atom stereocenters. The van der Waals surface area contributed by atoms with Gasteiger partial charge in [-0.2, -0.15) is 10.1 Å². The standard InChI is InChI=1S/C19H21N5O/c1-19(9-10-19)14-6-4-3-5-13(14)18-20-15(23-25-18)11-16-21-17(12-7-8-12)22-24(16)2/h3-6,12H,7-11H2,1-2H3. The Kier molecular flexibility index (Phi) is 3.11. The first-order valence-corrected chi connectivity index (χ1v) is 8.95. The van der Waals surface area contributed by atoms with Crippen LogP contribution < -0.4 is 0 Å². The summed E-state index contributed by atoms with van der Waals surface area (Å²) in [7, 11) is 1.93. The monoisotopic (exact) mass is 335 g/mol. The van der Waals surface area contributed by atoms with Crippen molar-refractivity contribution in [2.24, 2.45) is 7.05 Å². The van der Waals surface area contributed by atoms with Crippen LogP contribution in [0.2, 0.25) is 0 Å². The topological polar surface area (TPSA) is 69.6 Å². The van der Waals surface area contributed by atoms with Gasteiger partial charge in [0, 0.05) is 18.5 Å². The zero-order valence-corrected chi connectivity index (χ0v) is 14.6. The van der Waals surface area contributed by atoms with Crippen LogP contribution >= 0.6 is 0 Å². The molecule has 0 N–H and O–H groups in total. The molecule has 2 aliphatic rings. The molecule has 0 atom stereocenters. The van der Waals surface area contributed by atoms with Crippen LogP contribution in [0.3, 0.4) is 0 Å². The van der Waals surface area contributed by atoms with Crippen molar-refractivity contribution in [2.45, 2.75) is 50.4 Å². The Balaban J connectivity index is 1.43. The largest absolute Gasteiger partial charge is 0.334 e. The molecular formula is C19H21N5O. The van der Waals surface area contributed by atoms with Gasteiger partial charge in [0.25, 0.3) is 5.89 Å². The number of rotatable bonds is 5. The van der Waals surface area contributed by atoms with Crippen molar-refractivity contribution < 1.29 is 4.52 Å². The molecule has 6 nitrogen and oxygen atoms in total. The summed E-state index contributed by atoms with van der Waals surface area (Å²) < 4.78 is 7.41. The van der Waals surface area contributed by atoms with E-state index in [9.17, 15) is 0 Å². The molecule has 0 radical (unpaired) electrons. The van der Waals surface area contributed by atoms with Crippen LogP contribution in [0.4, 0.5) is 0 Å². The van der Waals surface area contributed by atoms with Crippen LogP contribution in [0.15, 0.2) is 28.8 Å². The van der Waals surface area contributed by atoms with E-state index in [0.29, 0.717) is 24.1 Å². The molecule has 6 heteroatoms. The second-order valence-electron chi connectivity index (χ2n) is 7.58. The number of aryl methyl sites for hydroxylation is 1. The zero-order chi connectivity index (χ0) is 17.0. The van der Waals surface area contributed by atoms with E-state index in [4.69, 9.17) is 4.52 Å². The number of hydrogen-bond donors (Lipinski definition) is 0. The third-order valence-electron chi connectivity index (χ3n) is 5.40. The van der Waals surface area contributed by atoms with E-state index in [1.54, 1.807) is 0 Å². The molecule has 128 valence electrons. The first kappa shape index (κ1) is 14.8. The second-order valence-corrected chi connectivity index (χ2v) is 7.58. The second kappa shape index (κ2) is 5.25. The first-order valence-electron chi connectivity index (χ1n) is 8.95. The van der Waals surface area contributed by atoms with E-state index in [1.807, 2.05) is 17.8 Å². The summed E-state index contributed by atoms with van der Waals surface area (Å²) in [4.78, 5) is 9.28. The van der Waals surface area contributed by atoms with Crippen molar-refractivity contribution >= 4 is 0 Å². The van der Waals surface area contributed by atoms with E-state index in [2.05, 4.69) is 45.3 Å².